The molecule has 0 unspecified atom stereocenters. The summed E-state index contributed by atoms with van der Waals surface area (Å²) in [6.07, 6.45) is 3.76. The lowest BCUT2D eigenvalue weighted by Crippen LogP contribution is -2.33. The van der Waals surface area contributed by atoms with Gasteiger partial charge in [-0.3, -0.25) is 9.78 Å². The summed E-state index contributed by atoms with van der Waals surface area (Å²) in [5, 5.41) is 0.960. The number of hydrogen-bond donors (Lipinski definition) is 0. The molecule has 5 nitrogen and oxygen atoms in total. The zero-order valence-electron chi connectivity index (χ0n) is 17.5. The van der Waals surface area contributed by atoms with Crippen molar-refractivity contribution < 1.29 is 4.79 Å². The van der Waals surface area contributed by atoms with Gasteiger partial charge >= 0.3 is 0 Å². The van der Waals surface area contributed by atoms with Crippen molar-refractivity contribution in [3.8, 4) is 0 Å². The fourth-order valence-electron chi connectivity index (χ4n) is 3.55. The van der Waals surface area contributed by atoms with E-state index in [2.05, 4.69) is 4.98 Å². The largest absolute Gasteiger partial charge is 0.331 e. The highest BCUT2D eigenvalue weighted by molar-refractivity contribution is 7.97. The van der Waals surface area contributed by atoms with Crippen LogP contribution in [0.15, 0.2) is 66.9 Å². The minimum absolute atomic E-state index is 0.0211. The van der Waals surface area contributed by atoms with E-state index in [4.69, 9.17) is 28.2 Å². The van der Waals surface area contributed by atoms with E-state index in [9.17, 15) is 4.79 Å². The van der Waals surface area contributed by atoms with E-state index < -0.39 is 0 Å². The average Bonchev–Trinajstić information content (AvgIpc) is 3.14. The number of pyridine rings is 1. The predicted octanol–water partition coefficient (Wildman–Crippen LogP) is 5.83. The van der Waals surface area contributed by atoms with E-state index in [1.165, 1.54) is 0 Å². The number of benzene rings is 2. The van der Waals surface area contributed by atoms with Gasteiger partial charge in [-0.25, -0.2) is 4.98 Å². The molecule has 0 radical (unpaired) electrons. The summed E-state index contributed by atoms with van der Waals surface area (Å²) < 4.78 is 2.01. The van der Waals surface area contributed by atoms with Crippen LogP contribution in [0.25, 0.3) is 11.0 Å². The SMILES string of the molecule is CSCc1nc2ccccc2n1CC(=O)N(Cc1ccc(Cl)c(Cl)c1)Cc1ccccn1. The van der Waals surface area contributed by atoms with Gasteiger partial charge < -0.3 is 9.47 Å². The van der Waals surface area contributed by atoms with E-state index >= 15 is 0 Å². The topological polar surface area (TPSA) is 51.0 Å². The molecule has 0 N–H and O–H groups in total. The third-order valence-electron chi connectivity index (χ3n) is 5.09. The number of hydrogen-bond acceptors (Lipinski definition) is 4. The van der Waals surface area contributed by atoms with Crippen LogP contribution in [0.4, 0.5) is 0 Å². The van der Waals surface area contributed by atoms with Crippen LogP contribution in [-0.4, -0.2) is 31.6 Å². The van der Waals surface area contributed by atoms with E-state index in [0.717, 1.165) is 33.9 Å². The highest BCUT2D eigenvalue weighted by atomic mass is 35.5. The first-order chi connectivity index (χ1) is 15.5. The van der Waals surface area contributed by atoms with Crippen molar-refractivity contribution in [3.63, 3.8) is 0 Å². The molecular weight excluding hydrogens is 463 g/mol. The Kier molecular flexibility index (Phi) is 7.35. The van der Waals surface area contributed by atoms with Crippen molar-refractivity contribution in [2.24, 2.45) is 0 Å². The predicted molar refractivity (Wildman–Crippen MR) is 132 cm³/mol. The monoisotopic (exact) mass is 484 g/mol. The lowest BCUT2D eigenvalue weighted by atomic mass is 10.2. The molecule has 0 aliphatic heterocycles. The molecule has 2 aromatic heterocycles. The second-order valence-corrected chi connectivity index (χ2v) is 9.04. The van der Waals surface area contributed by atoms with Gasteiger partial charge in [-0.15, -0.1) is 0 Å². The maximum atomic E-state index is 13.6. The number of fused-ring (bicyclic) bond motifs is 1. The third kappa shape index (κ3) is 5.26. The maximum absolute atomic E-state index is 13.6. The Morgan fingerprint density at radius 2 is 1.84 bits per heavy atom. The van der Waals surface area contributed by atoms with Crippen LogP contribution < -0.4 is 0 Å². The van der Waals surface area contributed by atoms with E-state index in [1.54, 1.807) is 35.0 Å². The van der Waals surface area contributed by atoms with Crippen molar-refractivity contribution in [2.45, 2.75) is 25.4 Å². The lowest BCUT2D eigenvalue weighted by Gasteiger charge is -2.24. The molecule has 0 saturated heterocycles. The summed E-state index contributed by atoms with van der Waals surface area (Å²) in [7, 11) is 0. The molecule has 8 heteroatoms. The summed E-state index contributed by atoms with van der Waals surface area (Å²) >= 11 is 14.0. The van der Waals surface area contributed by atoms with Crippen molar-refractivity contribution in [1.29, 1.82) is 0 Å². The maximum Gasteiger partial charge on any atom is 0.243 e. The number of imidazole rings is 1. The molecule has 0 bridgehead atoms. The molecule has 0 saturated carbocycles. The van der Waals surface area contributed by atoms with Gasteiger partial charge in [0.1, 0.15) is 12.4 Å². The van der Waals surface area contributed by atoms with Crippen LogP contribution in [0.5, 0.6) is 0 Å². The highest BCUT2D eigenvalue weighted by Gasteiger charge is 2.20. The third-order valence-corrected chi connectivity index (χ3v) is 6.38. The minimum Gasteiger partial charge on any atom is -0.331 e. The Labute approximate surface area is 201 Å². The number of nitrogens with zero attached hydrogens (tertiary/aromatic N) is 4. The van der Waals surface area contributed by atoms with Gasteiger partial charge in [-0.1, -0.05) is 47.5 Å². The summed E-state index contributed by atoms with van der Waals surface area (Å²) in [4.78, 5) is 24.5. The molecule has 0 atom stereocenters. The number of amides is 1. The first-order valence-electron chi connectivity index (χ1n) is 10.1. The van der Waals surface area contributed by atoms with Crippen molar-refractivity contribution in [3.05, 3.63) is 94.0 Å². The number of carbonyl (C=O) groups excluding carboxylic acids is 1. The van der Waals surface area contributed by atoms with E-state index in [0.29, 0.717) is 23.1 Å². The fraction of sp³-hybridized carbons (Fsp3) is 0.208. The van der Waals surface area contributed by atoms with Gasteiger partial charge in [0.15, 0.2) is 0 Å². The molecular formula is C24H22Cl2N4OS. The van der Waals surface area contributed by atoms with Gasteiger partial charge in [0.05, 0.1) is 39.1 Å². The van der Waals surface area contributed by atoms with Gasteiger partial charge in [0.25, 0.3) is 0 Å². The first kappa shape index (κ1) is 22.6. The molecule has 32 heavy (non-hydrogen) atoms. The molecule has 0 aliphatic rings. The highest BCUT2D eigenvalue weighted by Crippen LogP contribution is 2.24. The molecule has 1 amide bonds. The standard InChI is InChI=1S/C24H22Cl2N4OS/c1-32-16-23-28-21-7-2-3-8-22(21)30(23)15-24(31)29(14-18-6-4-5-11-27-18)13-17-9-10-19(25)20(26)12-17/h2-12H,13-16H2,1H3. The van der Waals surface area contributed by atoms with Crippen molar-refractivity contribution in [1.82, 2.24) is 19.4 Å². The quantitative estimate of drug-likeness (QED) is 0.315. The second kappa shape index (κ2) is 10.4. The van der Waals surface area contributed by atoms with Crippen molar-refractivity contribution in [2.75, 3.05) is 6.26 Å². The number of halogens is 2. The Balaban J connectivity index is 1.64. The zero-order chi connectivity index (χ0) is 22.5. The Bertz CT molecular complexity index is 1230. The molecule has 0 spiro atoms. The van der Waals surface area contributed by atoms with Gasteiger partial charge in [0, 0.05) is 12.7 Å². The molecule has 4 rings (SSSR count). The van der Waals surface area contributed by atoms with Crippen LogP contribution in [-0.2, 0) is 30.2 Å². The summed E-state index contributed by atoms with van der Waals surface area (Å²) in [5.41, 5.74) is 3.58. The molecule has 164 valence electrons. The summed E-state index contributed by atoms with van der Waals surface area (Å²) in [5.74, 6) is 1.60. The minimum atomic E-state index is -0.0211. The van der Waals surface area contributed by atoms with Gasteiger partial charge in [-0.2, -0.15) is 11.8 Å². The van der Waals surface area contributed by atoms with E-state index in [1.807, 2.05) is 59.4 Å². The van der Waals surface area contributed by atoms with Gasteiger partial charge in [0.2, 0.25) is 5.91 Å². The normalized spacial score (nSPS) is 11.1. The van der Waals surface area contributed by atoms with E-state index in [-0.39, 0.29) is 12.5 Å². The molecule has 0 aliphatic carbocycles. The number of carbonyl (C=O) groups is 1. The van der Waals surface area contributed by atoms with Crippen LogP contribution in [0.1, 0.15) is 17.1 Å². The molecule has 2 aromatic carbocycles. The number of aromatic nitrogens is 3. The Morgan fingerprint density at radius 1 is 1.03 bits per heavy atom. The zero-order valence-corrected chi connectivity index (χ0v) is 19.9. The average molecular weight is 485 g/mol. The van der Waals surface area contributed by atoms with Crippen molar-refractivity contribution >= 4 is 51.9 Å². The van der Waals surface area contributed by atoms with Gasteiger partial charge in [-0.05, 0) is 48.2 Å². The molecule has 0 fully saturated rings. The fourth-order valence-corrected chi connectivity index (χ4v) is 4.35. The van der Waals surface area contributed by atoms with Crippen LogP contribution in [0.3, 0.4) is 0 Å². The summed E-state index contributed by atoms with van der Waals surface area (Å²) in [6.45, 7) is 0.992. The summed E-state index contributed by atoms with van der Waals surface area (Å²) in [6, 6.07) is 19.0. The molecule has 2 heterocycles. The first-order valence-corrected chi connectivity index (χ1v) is 12.2. The van der Waals surface area contributed by atoms with Crippen LogP contribution >= 0.6 is 35.0 Å². The number of thioether (sulfide) groups is 1. The molecule has 4 aromatic rings. The Hall–Kier alpha value is -2.54. The smallest absolute Gasteiger partial charge is 0.243 e. The van der Waals surface area contributed by atoms with Crippen LogP contribution in [0.2, 0.25) is 10.0 Å². The lowest BCUT2D eigenvalue weighted by molar-refractivity contribution is -0.133. The number of rotatable bonds is 8. The Morgan fingerprint density at radius 3 is 2.59 bits per heavy atom. The second-order valence-electron chi connectivity index (χ2n) is 7.36. The van der Waals surface area contributed by atoms with Crippen LogP contribution in [0, 0.1) is 0 Å². The number of para-hydroxylation sites is 2.